The van der Waals surface area contributed by atoms with Gasteiger partial charge in [0.15, 0.2) is 0 Å². The van der Waals surface area contributed by atoms with Gasteiger partial charge in [-0.3, -0.25) is 14.4 Å². The molecule has 1 saturated heterocycles. The number of esters is 1. The van der Waals surface area contributed by atoms with Crippen molar-refractivity contribution >= 4 is 11.8 Å². The van der Waals surface area contributed by atoms with Crippen molar-refractivity contribution in [3.8, 4) is 6.07 Å². The van der Waals surface area contributed by atoms with Gasteiger partial charge in [-0.15, -0.1) is 0 Å². The number of carbonyl (C=O) groups excluding carboxylic acids is 2. The smallest absolute Gasteiger partial charge is 0.323 e. The highest BCUT2D eigenvalue weighted by molar-refractivity contribution is 5.86. The van der Waals surface area contributed by atoms with Crippen LogP contribution in [0.3, 0.4) is 0 Å². The summed E-state index contributed by atoms with van der Waals surface area (Å²) in [6, 6.07) is 8.47. The summed E-state index contributed by atoms with van der Waals surface area (Å²) in [7, 11) is 3.02. The molecule has 2 rings (SSSR count). The van der Waals surface area contributed by atoms with Crippen LogP contribution in [0.1, 0.15) is 36.4 Å². The average Bonchev–Trinajstić information content (AvgIpc) is 2.93. The van der Waals surface area contributed by atoms with Crippen molar-refractivity contribution < 1.29 is 19.2 Å². The van der Waals surface area contributed by atoms with Crippen LogP contribution >= 0.6 is 0 Å². The Hall–Kier alpha value is -2.27. The van der Waals surface area contributed by atoms with Crippen LogP contribution in [-0.4, -0.2) is 43.1 Å². The molecule has 1 heterocycles. The van der Waals surface area contributed by atoms with E-state index in [0.29, 0.717) is 12.0 Å². The number of hydroxylamine groups is 2. The van der Waals surface area contributed by atoms with Gasteiger partial charge >= 0.3 is 5.97 Å². The first kappa shape index (κ1) is 18.1. The number of benzene rings is 1. The number of carbonyl (C=O) groups is 2. The summed E-state index contributed by atoms with van der Waals surface area (Å²) in [4.78, 5) is 29.1. The third-order valence-electron chi connectivity index (χ3n) is 4.09. The summed E-state index contributed by atoms with van der Waals surface area (Å²) in [5, 5.41) is 10.9. The van der Waals surface area contributed by atoms with E-state index in [-0.39, 0.29) is 30.8 Å². The van der Waals surface area contributed by atoms with Crippen LogP contribution in [0, 0.1) is 11.3 Å². The van der Waals surface area contributed by atoms with Crippen molar-refractivity contribution in [2.24, 2.45) is 5.73 Å². The number of ether oxygens (including phenoxy) is 1. The fourth-order valence-corrected chi connectivity index (χ4v) is 2.90. The molecule has 7 nitrogen and oxygen atoms in total. The maximum absolute atomic E-state index is 12.1. The minimum atomic E-state index is -0.947. The first-order valence-corrected chi connectivity index (χ1v) is 7.70. The number of nitrogens with two attached hydrogens (primary N) is 1. The van der Waals surface area contributed by atoms with Gasteiger partial charge < -0.3 is 10.5 Å². The molecule has 1 unspecified atom stereocenters. The normalized spacial score (nSPS) is 21.9. The van der Waals surface area contributed by atoms with Crippen molar-refractivity contribution in [1.82, 2.24) is 5.06 Å². The van der Waals surface area contributed by atoms with E-state index in [2.05, 4.69) is 10.8 Å². The number of Topliss-reactive ketones (excluding diaryl/α,β-unsaturated/α-hetero) is 1. The van der Waals surface area contributed by atoms with Gasteiger partial charge in [0.05, 0.1) is 30.9 Å². The summed E-state index contributed by atoms with van der Waals surface area (Å²) in [5.74, 6) is -0.755. The van der Waals surface area contributed by atoms with Crippen molar-refractivity contribution in [3.05, 3.63) is 35.4 Å². The summed E-state index contributed by atoms with van der Waals surface area (Å²) >= 11 is 0. The van der Waals surface area contributed by atoms with Crippen LogP contribution in [0.5, 0.6) is 0 Å². The zero-order valence-electron chi connectivity index (χ0n) is 13.8. The number of methoxy groups -OCH3 is 1. The lowest BCUT2D eigenvalue weighted by Crippen LogP contribution is -2.34. The third kappa shape index (κ3) is 4.17. The third-order valence-corrected chi connectivity index (χ3v) is 4.09. The van der Waals surface area contributed by atoms with Gasteiger partial charge in [-0.05, 0) is 18.1 Å². The van der Waals surface area contributed by atoms with Crippen molar-refractivity contribution in [3.63, 3.8) is 0 Å². The Bertz CT molecular complexity index is 655. The second-order valence-corrected chi connectivity index (χ2v) is 5.80. The predicted molar refractivity (Wildman–Crippen MR) is 85.4 cm³/mol. The Labute approximate surface area is 140 Å². The molecule has 1 fully saturated rings. The van der Waals surface area contributed by atoms with Crippen molar-refractivity contribution in [2.75, 3.05) is 14.2 Å². The fraction of sp³-hybridized carbons (Fsp3) is 0.471. The van der Waals surface area contributed by atoms with Crippen LogP contribution in [0.4, 0.5) is 0 Å². The van der Waals surface area contributed by atoms with E-state index >= 15 is 0 Å². The van der Waals surface area contributed by atoms with E-state index in [1.807, 2.05) is 18.2 Å². The van der Waals surface area contributed by atoms with Gasteiger partial charge in [-0.25, -0.2) is 0 Å². The molecular weight excluding hydrogens is 310 g/mol. The van der Waals surface area contributed by atoms with Crippen molar-refractivity contribution in [1.29, 1.82) is 5.26 Å². The van der Waals surface area contributed by atoms with E-state index in [0.717, 1.165) is 5.56 Å². The lowest BCUT2D eigenvalue weighted by atomic mass is 9.95. The molecule has 7 heteroatoms. The summed E-state index contributed by atoms with van der Waals surface area (Å²) in [6.45, 7) is 0. The molecule has 0 amide bonds. The number of nitriles is 1. The summed E-state index contributed by atoms with van der Waals surface area (Å²) in [6.07, 6.45) is 0.383. The van der Waals surface area contributed by atoms with Gasteiger partial charge in [-0.1, -0.05) is 18.2 Å². The maximum atomic E-state index is 12.1. The highest BCUT2D eigenvalue weighted by atomic mass is 16.7. The Kier molecular flexibility index (Phi) is 6.04. The molecule has 1 aromatic carbocycles. The molecular formula is C17H21N3O4. The number of rotatable bonds is 6. The SMILES string of the molecule is COC(=O)C(N)CC(=O)C[C@H]1C[C@@H](c2ccccc2C#N)N(C)O1. The second kappa shape index (κ2) is 8.02. The maximum Gasteiger partial charge on any atom is 0.323 e. The summed E-state index contributed by atoms with van der Waals surface area (Å²) < 4.78 is 4.51. The zero-order valence-corrected chi connectivity index (χ0v) is 13.8. The molecule has 1 aliphatic heterocycles. The van der Waals surface area contributed by atoms with E-state index in [1.54, 1.807) is 18.2 Å². The molecule has 0 bridgehead atoms. The Balaban J connectivity index is 1.97. The van der Waals surface area contributed by atoms with Crippen LogP contribution < -0.4 is 5.73 Å². The van der Waals surface area contributed by atoms with Crippen LogP contribution in [0.2, 0.25) is 0 Å². The number of ketones is 1. The quantitative estimate of drug-likeness (QED) is 0.778. The number of hydrogen-bond donors (Lipinski definition) is 1. The fourth-order valence-electron chi connectivity index (χ4n) is 2.90. The van der Waals surface area contributed by atoms with Gasteiger partial charge in [0, 0.05) is 19.9 Å². The molecule has 0 aliphatic carbocycles. The summed E-state index contributed by atoms with van der Waals surface area (Å²) in [5.41, 5.74) is 7.08. The predicted octanol–water partition coefficient (Wildman–Crippen LogP) is 1.08. The monoisotopic (exact) mass is 331 g/mol. The number of nitrogens with zero attached hydrogens (tertiary/aromatic N) is 2. The van der Waals surface area contributed by atoms with Crippen LogP contribution in [-0.2, 0) is 19.2 Å². The van der Waals surface area contributed by atoms with Crippen LogP contribution in [0.25, 0.3) is 0 Å². The minimum Gasteiger partial charge on any atom is -0.468 e. The van der Waals surface area contributed by atoms with Crippen molar-refractivity contribution in [2.45, 2.75) is 37.5 Å². The zero-order chi connectivity index (χ0) is 17.7. The lowest BCUT2D eigenvalue weighted by molar-refractivity contribution is -0.152. The molecule has 0 spiro atoms. The second-order valence-electron chi connectivity index (χ2n) is 5.80. The average molecular weight is 331 g/mol. The largest absolute Gasteiger partial charge is 0.468 e. The van der Waals surface area contributed by atoms with Gasteiger partial charge in [-0.2, -0.15) is 10.3 Å². The van der Waals surface area contributed by atoms with Gasteiger partial charge in [0.25, 0.3) is 0 Å². The van der Waals surface area contributed by atoms with Gasteiger partial charge in [0.1, 0.15) is 11.8 Å². The van der Waals surface area contributed by atoms with Gasteiger partial charge in [0.2, 0.25) is 0 Å². The van der Waals surface area contributed by atoms with Crippen LogP contribution in [0.15, 0.2) is 24.3 Å². The Morgan fingerprint density at radius 3 is 2.88 bits per heavy atom. The highest BCUT2D eigenvalue weighted by Gasteiger charge is 2.34. The molecule has 3 atom stereocenters. The van der Waals surface area contributed by atoms with E-state index in [1.165, 1.54) is 7.11 Å². The van der Waals surface area contributed by atoms with E-state index in [4.69, 9.17) is 10.6 Å². The topological polar surface area (TPSA) is 106 Å². The standard InChI is InChI=1S/C17H21N3O4/c1-20-16(14-6-4-3-5-11(14)10-18)9-13(24-20)7-12(21)8-15(19)17(22)23-2/h3-6,13,15-16H,7-9,19H2,1-2H3/t13-,15?,16-/m0/s1. The van der Waals surface area contributed by atoms with E-state index < -0.39 is 12.0 Å². The molecule has 0 aromatic heterocycles. The first-order valence-electron chi connectivity index (χ1n) is 7.70. The lowest BCUT2D eigenvalue weighted by Gasteiger charge is -2.18. The molecule has 2 N–H and O–H groups in total. The highest BCUT2D eigenvalue weighted by Crippen LogP contribution is 2.35. The first-order chi connectivity index (χ1) is 11.5. The molecule has 24 heavy (non-hydrogen) atoms. The molecule has 0 radical (unpaired) electrons. The molecule has 1 aromatic rings. The molecule has 1 aliphatic rings. The minimum absolute atomic E-state index is 0.0737. The Morgan fingerprint density at radius 1 is 1.50 bits per heavy atom. The molecule has 128 valence electrons. The Morgan fingerprint density at radius 2 is 2.21 bits per heavy atom. The van der Waals surface area contributed by atoms with E-state index in [9.17, 15) is 14.9 Å². The molecule has 0 saturated carbocycles. The number of hydrogen-bond acceptors (Lipinski definition) is 7.